The molecule has 1 atom stereocenters. The van der Waals surface area contributed by atoms with Gasteiger partial charge in [-0.25, -0.2) is 4.39 Å². The van der Waals surface area contributed by atoms with Crippen molar-refractivity contribution in [1.82, 2.24) is 0 Å². The van der Waals surface area contributed by atoms with Crippen molar-refractivity contribution < 1.29 is 4.39 Å². The highest BCUT2D eigenvalue weighted by atomic mass is 79.9. The summed E-state index contributed by atoms with van der Waals surface area (Å²) in [6, 6.07) is 10.7. The van der Waals surface area contributed by atoms with Crippen molar-refractivity contribution in [2.75, 3.05) is 0 Å². The van der Waals surface area contributed by atoms with Crippen LogP contribution in [0.15, 0.2) is 40.9 Å². The Morgan fingerprint density at radius 2 is 2.00 bits per heavy atom. The minimum Gasteiger partial charge on any atom is -0.324 e. The van der Waals surface area contributed by atoms with Crippen LogP contribution < -0.4 is 5.73 Å². The Kier molecular flexibility index (Phi) is 4.61. The van der Waals surface area contributed by atoms with E-state index in [1.54, 1.807) is 12.1 Å². The number of rotatable bonds is 3. The van der Waals surface area contributed by atoms with Crippen molar-refractivity contribution in [2.45, 2.75) is 19.4 Å². The monoisotopic (exact) mass is 341 g/mol. The zero-order valence-electron chi connectivity index (χ0n) is 10.5. The largest absolute Gasteiger partial charge is 0.324 e. The Morgan fingerprint density at radius 3 is 2.63 bits per heavy atom. The second kappa shape index (κ2) is 6.04. The van der Waals surface area contributed by atoms with Crippen LogP contribution in [0.4, 0.5) is 4.39 Å². The molecule has 0 heterocycles. The zero-order chi connectivity index (χ0) is 14.0. The van der Waals surface area contributed by atoms with Crippen molar-refractivity contribution in [3.63, 3.8) is 0 Å². The van der Waals surface area contributed by atoms with Gasteiger partial charge < -0.3 is 5.73 Å². The smallest absolute Gasteiger partial charge is 0.142 e. The molecule has 2 aromatic carbocycles. The topological polar surface area (TPSA) is 26.0 Å². The first-order valence-corrected chi connectivity index (χ1v) is 7.09. The van der Waals surface area contributed by atoms with Crippen LogP contribution in [-0.4, -0.2) is 0 Å². The standard InChI is InChI=1S/C15H14BrClFN/c1-9-4-11(8-12(16)5-9)15(19)7-10-2-3-13(17)14(18)6-10/h2-6,8,15H,7,19H2,1H3. The molecule has 0 aliphatic rings. The molecule has 4 heteroatoms. The number of halogens is 3. The molecule has 0 bridgehead atoms. The Hall–Kier alpha value is -0.900. The highest BCUT2D eigenvalue weighted by molar-refractivity contribution is 9.10. The lowest BCUT2D eigenvalue weighted by atomic mass is 9.98. The van der Waals surface area contributed by atoms with Crippen molar-refractivity contribution in [1.29, 1.82) is 0 Å². The van der Waals surface area contributed by atoms with Gasteiger partial charge in [0, 0.05) is 10.5 Å². The normalized spacial score (nSPS) is 12.5. The van der Waals surface area contributed by atoms with E-state index in [2.05, 4.69) is 15.9 Å². The zero-order valence-corrected chi connectivity index (χ0v) is 12.8. The highest BCUT2D eigenvalue weighted by Crippen LogP contribution is 2.23. The van der Waals surface area contributed by atoms with Crippen LogP contribution in [0.3, 0.4) is 0 Å². The van der Waals surface area contributed by atoms with Gasteiger partial charge in [-0.2, -0.15) is 0 Å². The second-order valence-corrected chi connectivity index (χ2v) is 5.94. The molecule has 0 radical (unpaired) electrons. The predicted molar refractivity (Wildman–Crippen MR) is 80.9 cm³/mol. The Morgan fingerprint density at radius 1 is 1.26 bits per heavy atom. The fraction of sp³-hybridized carbons (Fsp3) is 0.200. The van der Waals surface area contributed by atoms with Crippen molar-refractivity contribution in [2.24, 2.45) is 5.73 Å². The molecule has 0 aromatic heterocycles. The molecule has 1 nitrogen and oxygen atoms in total. The first-order chi connectivity index (χ1) is 8.95. The number of hydrogen-bond donors (Lipinski definition) is 1. The van der Waals surface area contributed by atoms with E-state index in [0.29, 0.717) is 6.42 Å². The van der Waals surface area contributed by atoms with Gasteiger partial charge in [0.25, 0.3) is 0 Å². The third kappa shape index (κ3) is 3.78. The summed E-state index contributed by atoms with van der Waals surface area (Å²) in [5.74, 6) is -0.406. The lowest BCUT2D eigenvalue weighted by Gasteiger charge is -2.14. The molecule has 0 aliphatic carbocycles. The molecule has 2 N–H and O–H groups in total. The maximum absolute atomic E-state index is 13.4. The molecule has 0 saturated carbocycles. The summed E-state index contributed by atoms with van der Waals surface area (Å²) in [4.78, 5) is 0. The summed E-state index contributed by atoms with van der Waals surface area (Å²) >= 11 is 9.12. The van der Waals surface area contributed by atoms with Crippen molar-refractivity contribution >= 4 is 27.5 Å². The lowest BCUT2D eigenvalue weighted by molar-refractivity contribution is 0.622. The van der Waals surface area contributed by atoms with E-state index in [-0.39, 0.29) is 11.1 Å². The van der Waals surface area contributed by atoms with E-state index >= 15 is 0 Å². The average Bonchev–Trinajstić information content (AvgIpc) is 2.32. The maximum Gasteiger partial charge on any atom is 0.142 e. The van der Waals surface area contributed by atoms with Crippen molar-refractivity contribution in [3.05, 3.63) is 68.4 Å². The second-order valence-electron chi connectivity index (χ2n) is 4.62. The van der Waals surface area contributed by atoms with Crippen molar-refractivity contribution in [3.8, 4) is 0 Å². The summed E-state index contributed by atoms with van der Waals surface area (Å²) in [7, 11) is 0. The van der Waals surface area contributed by atoms with Crippen LogP contribution in [0.1, 0.15) is 22.7 Å². The van der Waals surface area contributed by atoms with Gasteiger partial charge in [0.05, 0.1) is 5.02 Å². The van der Waals surface area contributed by atoms with Crippen LogP contribution >= 0.6 is 27.5 Å². The first-order valence-electron chi connectivity index (χ1n) is 5.92. The molecule has 0 amide bonds. The van der Waals surface area contributed by atoms with E-state index in [0.717, 1.165) is 21.2 Å². The molecule has 0 saturated heterocycles. The summed E-state index contributed by atoms with van der Waals surface area (Å²) in [5, 5.41) is 0.135. The van der Waals surface area contributed by atoms with Crippen LogP contribution in [0, 0.1) is 12.7 Å². The molecule has 19 heavy (non-hydrogen) atoms. The minimum absolute atomic E-state index is 0.135. The van der Waals surface area contributed by atoms with Gasteiger partial charge in [0.15, 0.2) is 0 Å². The molecule has 0 fully saturated rings. The van der Waals surface area contributed by atoms with E-state index in [9.17, 15) is 4.39 Å². The molecular weight excluding hydrogens is 329 g/mol. The molecule has 2 rings (SSSR count). The summed E-state index contributed by atoms with van der Waals surface area (Å²) in [6.45, 7) is 2.02. The van der Waals surface area contributed by atoms with Gasteiger partial charge in [-0.05, 0) is 54.3 Å². The van der Waals surface area contributed by atoms with Gasteiger partial charge in [-0.1, -0.05) is 39.7 Å². The molecule has 2 aromatic rings. The van der Waals surface area contributed by atoms with Gasteiger partial charge in [-0.3, -0.25) is 0 Å². The molecule has 0 aliphatic heterocycles. The number of benzene rings is 2. The Balaban J connectivity index is 2.20. The average molecular weight is 343 g/mol. The number of hydrogen-bond acceptors (Lipinski definition) is 1. The number of aryl methyl sites for hydroxylation is 1. The Labute approximate surface area is 125 Å². The van der Waals surface area contributed by atoms with Crippen LogP contribution in [0.25, 0.3) is 0 Å². The van der Waals surface area contributed by atoms with Gasteiger partial charge >= 0.3 is 0 Å². The van der Waals surface area contributed by atoms with Crippen LogP contribution in [-0.2, 0) is 6.42 Å². The Bertz CT molecular complexity index is 580. The van der Waals surface area contributed by atoms with Gasteiger partial charge in [0.1, 0.15) is 5.82 Å². The van der Waals surface area contributed by atoms with E-state index in [4.69, 9.17) is 17.3 Å². The third-order valence-electron chi connectivity index (χ3n) is 2.93. The maximum atomic E-state index is 13.4. The van der Waals surface area contributed by atoms with E-state index in [1.165, 1.54) is 6.07 Å². The van der Waals surface area contributed by atoms with E-state index in [1.807, 2.05) is 25.1 Å². The SMILES string of the molecule is Cc1cc(Br)cc(C(N)Cc2ccc(Cl)c(F)c2)c1. The predicted octanol–water partition coefficient (Wildman–Crippen LogP) is 4.79. The molecular formula is C15H14BrClFN. The molecule has 100 valence electrons. The minimum atomic E-state index is -0.406. The summed E-state index contributed by atoms with van der Waals surface area (Å²) in [5.41, 5.74) is 9.19. The van der Waals surface area contributed by atoms with E-state index < -0.39 is 5.82 Å². The third-order valence-corrected chi connectivity index (χ3v) is 3.70. The molecule has 1 unspecified atom stereocenters. The summed E-state index contributed by atoms with van der Waals surface area (Å²) < 4.78 is 14.4. The fourth-order valence-corrected chi connectivity index (χ4v) is 2.76. The quantitative estimate of drug-likeness (QED) is 0.852. The number of nitrogens with two attached hydrogens (primary N) is 1. The lowest BCUT2D eigenvalue weighted by Crippen LogP contribution is -2.13. The van der Waals surface area contributed by atoms with Crippen LogP contribution in [0.5, 0.6) is 0 Å². The first kappa shape index (κ1) is 14.5. The van der Waals surface area contributed by atoms with Crippen LogP contribution in [0.2, 0.25) is 5.02 Å². The highest BCUT2D eigenvalue weighted by Gasteiger charge is 2.10. The summed E-state index contributed by atoms with van der Waals surface area (Å²) in [6.07, 6.45) is 0.573. The molecule has 0 spiro atoms. The fourth-order valence-electron chi connectivity index (χ4n) is 2.02. The van der Waals surface area contributed by atoms with Gasteiger partial charge in [0.2, 0.25) is 0 Å². The van der Waals surface area contributed by atoms with Gasteiger partial charge in [-0.15, -0.1) is 0 Å².